The molecule has 2 N–H and O–H groups in total. The van der Waals surface area contributed by atoms with E-state index in [4.69, 9.17) is 5.73 Å². The molecular weight excluding hydrogens is 200 g/mol. The van der Waals surface area contributed by atoms with Crippen molar-refractivity contribution < 1.29 is 4.79 Å². The molecule has 0 aliphatic heterocycles. The van der Waals surface area contributed by atoms with E-state index in [0.29, 0.717) is 11.8 Å². The van der Waals surface area contributed by atoms with Gasteiger partial charge < -0.3 is 5.73 Å². The Morgan fingerprint density at radius 3 is 2.50 bits per heavy atom. The number of carbonyl (C=O) groups is 1. The SMILES string of the molecule is CC(C)C(C)Cc1ccc(CC(N)=O)cn1. The molecule has 1 heterocycles. The maximum atomic E-state index is 10.7. The lowest BCUT2D eigenvalue weighted by atomic mass is 9.93. The molecule has 1 rings (SSSR count). The lowest BCUT2D eigenvalue weighted by Crippen LogP contribution is -2.14. The maximum Gasteiger partial charge on any atom is 0.221 e. The first-order valence-electron chi connectivity index (χ1n) is 5.71. The third kappa shape index (κ3) is 4.01. The zero-order valence-corrected chi connectivity index (χ0v) is 10.2. The van der Waals surface area contributed by atoms with Crippen LogP contribution in [0.3, 0.4) is 0 Å². The predicted molar refractivity (Wildman–Crippen MR) is 64.8 cm³/mol. The first kappa shape index (κ1) is 12.7. The number of amides is 1. The van der Waals surface area contributed by atoms with Crippen molar-refractivity contribution in [2.45, 2.75) is 33.6 Å². The van der Waals surface area contributed by atoms with E-state index in [1.54, 1.807) is 6.20 Å². The summed E-state index contributed by atoms with van der Waals surface area (Å²) in [5.41, 5.74) is 7.08. The topological polar surface area (TPSA) is 56.0 Å². The molecule has 0 radical (unpaired) electrons. The van der Waals surface area contributed by atoms with E-state index >= 15 is 0 Å². The van der Waals surface area contributed by atoms with E-state index < -0.39 is 0 Å². The van der Waals surface area contributed by atoms with Crippen molar-refractivity contribution in [2.24, 2.45) is 17.6 Å². The lowest BCUT2D eigenvalue weighted by Gasteiger charge is -2.14. The first-order chi connectivity index (χ1) is 7.49. The fourth-order valence-corrected chi connectivity index (χ4v) is 1.45. The third-order valence-electron chi connectivity index (χ3n) is 2.93. The zero-order valence-electron chi connectivity index (χ0n) is 10.2. The van der Waals surface area contributed by atoms with Crippen LogP contribution in [-0.4, -0.2) is 10.9 Å². The Kier molecular flexibility index (Phi) is 4.47. The van der Waals surface area contributed by atoms with Crippen molar-refractivity contribution in [3.8, 4) is 0 Å². The van der Waals surface area contributed by atoms with Crippen LogP contribution in [0.15, 0.2) is 18.3 Å². The van der Waals surface area contributed by atoms with Gasteiger partial charge in [-0.15, -0.1) is 0 Å². The molecule has 3 heteroatoms. The molecule has 3 nitrogen and oxygen atoms in total. The van der Waals surface area contributed by atoms with Crippen molar-refractivity contribution >= 4 is 5.91 Å². The summed E-state index contributed by atoms with van der Waals surface area (Å²) in [6.45, 7) is 6.65. The van der Waals surface area contributed by atoms with Crippen LogP contribution in [0.4, 0.5) is 0 Å². The van der Waals surface area contributed by atoms with Gasteiger partial charge in [0.05, 0.1) is 6.42 Å². The van der Waals surface area contributed by atoms with Crippen molar-refractivity contribution in [3.63, 3.8) is 0 Å². The minimum atomic E-state index is -0.315. The zero-order chi connectivity index (χ0) is 12.1. The summed E-state index contributed by atoms with van der Waals surface area (Å²) in [6, 6.07) is 3.91. The summed E-state index contributed by atoms with van der Waals surface area (Å²) < 4.78 is 0. The van der Waals surface area contributed by atoms with Gasteiger partial charge in [-0.25, -0.2) is 0 Å². The monoisotopic (exact) mass is 220 g/mol. The van der Waals surface area contributed by atoms with E-state index in [0.717, 1.165) is 17.7 Å². The highest BCUT2D eigenvalue weighted by Gasteiger charge is 2.09. The Hall–Kier alpha value is -1.38. The summed E-state index contributed by atoms with van der Waals surface area (Å²) in [6.07, 6.45) is 2.99. The maximum absolute atomic E-state index is 10.7. The molecule has 0 saturated carbocycles. The number of nitrogens with zero attached hydrogens (tertiary/aromatic N) is 1. The number of primary amides is 1. The number of nitrogens with two attached hydrogens (primary N) is 1. The summed E-state index contributed by atoms with van der Waals surface area (Å²) in [4.78, 5) is 15.1. The Morgan fingerprint density at radius 2 is 2.06 bits per heavy atom. The van der Waals surface area contributed by atoms with Gasteiger partial charge in [0.2, 0.25) is 5.91 Å². The standard InChI is InChI=1S/C13H20N2O/c1-9(2)10(3)6-12-5-4-11(8-15-12)7-13(14)16/h4-5,8-10H,6-7H2,1-3H3,(H2,14,16). The number of pyridine rings is 1. The van der Waals surface area contributed by atoms with E-state index in [2.05, 4.69) is 25.8 Å². The Morgan fingerprint density at radius 1 is 1.38 bits per heavy atom. The second-order valence-electron chi connectivity index (χ2n) is 4.73. The molecule has 1 atom stereocenters. The largest absolute Gasteiger partial charge is 0.369 e. The Bertz CT molecular complexity index is 343. The third-order valence-corrected chi connectivity index (χ3v) is 2.93. The van der Waals surface area contributed by atoms with E-state index in [1.165, 1.54) is 0 Å². The van der Waals surface area contributed by atoms with Crippen molar-refractivity contribution in [1.29, 1.82) is 0 Å². The lowest BCUT2D eigenvalue weighted by molar-refractivity contribution is -0.117. The van der Waals surface area contributed by atoms with Gasteiger partial charge in [0.1, 0.15) is 0 Å². The number of hydrogen-bond donors (Lipinski definition) is 1. The van der Waals surface area contributed by atoms with Crippen LogP contribution in [0.1, 0.15) is 32.0 Å². The fraction of sp³-hybridized carbons (Fsp3) is 0.538. The molecule has 0 saturated heterocycles. The van der Waals surface area contributed by atoms with Gasteiger partial charge in [-0.05, 0) is 29.9 Å². The van der Waals surface area contributed by atoms with Crippen LogP contribution < -0.4 is 5.73 Å². The molecular formula is C13H20N2O. The van der Waals surface area contributed by atoms with E-state index in [9.17, 15) is 4.79 Å². The van der Waals surface area contributed by atoms with Crippen LogP contribution in [-0.2, 0) is 17.6 Å². The quantitative estimate of drug-likeness (QED) is 0.824. The highest BCUT2D eigenvalue weighted by molar-refractivity contribution is 5.76. The van der Waals surface area contributed by atoms with Gasteiger partial charge in [0, 0.05) is 11.9 Å². The Labute approximate surface area is 97.1 Å². The van der Waals surface area contributed by atoms with Gasteiger partial charge in [0.25, 0.3) is 0 Å². The normalized spacial score (nSPS) is 12.8. The molecule has 0 aromatic carbocycles. The smallest absolute Gasteiger partial charge is 0.221 e. The van der Waals surface area contributed by atoms with Crippen LogP contribution >= 0.6 is 0 Å². The molecule has 1 unspecified atom stereocenters. The highest BCUT2D eigenvalue weighted by atomic mass is 16.1. The van der Waals surface area contributed by atoms with Crippen LogP contribution in [0.5, 0.6) is 0 Å². The van der Waals surface area contributed by atoms with Crippen LogP contribution in [0, 0.1) is 11.8 Å². The average molecular weight is 220 g/mol. The number of rotatable bonds is 5. The van der Waals surface area contributed by atoms with Crippen molar-refractivity contribution in [2.75, 3.05) is 0 Å². The van der Waals surface area contributed by atoms with Crippen LogP contribution in [0.25, 0.3) is 0 Å². The van der Waals surface area contributed by atoms with Crippen molar-refractivity contribution in [3.05, 3.63) is 29.6 Å². The average Bonchev–Trinajstić information content (AvgIpc) is 2.20. The van der Waals surface area contributed by atoms with Gasteiger partial charge in [0.15, 0.2) is 0 Å². The minimum Gasteiger partial charge on any atom is -0.369 e. The number of carbonyl (C=O) groups excluding carboxylic acids is 1. The highest BCUT2D eigenvalue weighted by Crippen LogP contribution is 2.15. The second-order valence-corrected chi connectivity index (χ2v) is 4.73. The van der Waals surface area contributed by atoms with Crippen molar-refractivity contribution in [1.82, 2.24) is 4.98 Å². The molecule has 1 aromatic heterocycles. The summed E-state index contributed by atoms with van der Waals surface area (Å²) >= 11 is 0. The molecule has 16 heavy (non-hydrogen) atoms. The number of aromatic nitrogens is 1. The van der Waals surface area contributed by atoms with Gasteiger partial charge >= 0.3 is 0 Å². The summed E-state index contributed by atoms with van der Waals surface area (Å²) in [5, 5.41) is 0. The molecule has 0 fully saturated rings. The molecule has 1 amide bonds. The summed E-state index contributed by atoms with van der Waals surface area (Å²) in [5.74, 6) is 0.965. The van der Waals surface area contributed by atoms with E-state index in [1.807, 2.05) is 12.1 Å². The molecule has 88 valence electrons. The summed E-state index contributed by atoms with van der Waals surface area (Å²) in [7, 11) is 0. The molecule has 0 bridgehead atoms. The van der Waals surface area contributed by atoms with Gasteiger partial charge in [-0.1, -0.05) is 26.8 Å². The predicted octanol–water partition coefficient (Wildman–Crippen LogP) is 1.94. The van der Waals surface area contributed by atoms with Gasteiger partial charge in [-0.2, -0.15) is 0 Å². The minimum absolute atomic E-state index is 0.271. The molecule has 0 aliphatic carbocycles. The second kappa shape index (κ2) is 5.64. The number of hydrogen-bond acceptors (Lipinski definition) is 2. The fourth-order valence-electron chi connectivity index (χ4n) is 1.45. The first-order valence-corrected chi connectivity index (χ1v) is 5.71. The van der Waals surface area contributed by atoms with Crippen LogP contribution in [0.2, 0.25) is 0 Å². The molecule has 1 aromatic rings. The Balaban J connectivity index is 2.61. The molecule has 0 aliphatic rings. The molecule has 0 spiro atoms. The van der Waals surface area contributed by atoms with E-state index in [-0.39, 0.29) is 12.3 Å². The van der Waals surface area contributed by atoms with Gasteiger partial charge in [-0.3, -0.25) is 9.78 Å².